The number of methoxy groups -OCH3 is 1. The Bertz CT molecular complexity index is 373. The van der Waals surface area contributed by atoms with E-state index in [1.807, 2.05) is 0 Å². The van der Waals surface area contributed by atoms with Crippen LogP contribution in [0.4, 0.5) is 4.79 Å². The van der Waals surface area contributed by atoms with E-state index in [0.29, 0.717) is 0 Å². The lowest BCUT2D eigenvalue weighted by Crippen LogP contribution is -2.39. The molecule has 2 unspecified atom stereocenters. The molecule has 0 aromatic carbocycles. The predicted molar refractivity (Wildman–Crippen MR) is 73.0 cm³/mol. The summed E-state index contributed by atoms with van der Waals surface area (Å²) in [4.78, 5) is 22.8. The van der Waals surface area contributed by atoms with Crippen molar-refractivity contribution < 1.29 is 23.3 Å². The first kappa shape index (κ1) is 17.6. The highest BCUT2D eigenvalue weighted by Gasteiger charge is 2.20. The second-order valence-corrected chi connectivity index (χ2v) is 6.13. The number of carbonyl (C=O) groups is 2. The van der Waals surface area contributed by atoms with Crippen molar-refractivity contribution in [1.29, 1.82) is 0 Å². The van der Waals surface area contributed by atoms with E-state index in [1.165, 1.54) is 24.8 Å². The van der Waals surface area contributed by atoms with Gasteiger partial charge in [0.25, 0.3) is 0 Å². The molecule has 1 amide bonds. The molecule has 0 aliphatic carbocycles. The van der Waals surface area contributed by atoms with Gasteiger partial charge in [-0.15, -0.1) is 0 Å². The summed E-state index contributed by atoms with van der Waals surface area (Å²) in [6, 6.07) is -0.619. The molecular formula is C12H21NO5S. The van der Waals surface area contributed by atoms with Crippen LogP contribution in [0.3, 0.4) is 0 Å². The molecule has 0 saturated heterocycles. The Morgan fingerprint density at radius 2 is 1.95 bits per heavy atom. The molecule has 7 heteroatoms. The van der Waals surface area contributed by atoms with Crippen LogP contribution in [0.1, 0.15) is 27.2 Å². The highest BCUT2D eigenvalue weighted by molar-refractivity contribution is 7.87. The summed E-state index contributed by atoms with van der Waals surface area (Å²) < 4.78 is 20.6. The summed E-state index contributed by atoms with van der Waals surface area (Å²) in [7, 11) is 0.0969. The molecule has 19 heavy (non-hydrogen) atoms. The Hall–Kier alpha value is -1.37. The second-order valence-electron chi connectivity index (χ2n) is 4.86. The smallest absolute Gasteiger partial charge is 0.408 e. The van der Waals surface area contributed by atoms with Crippen molar-refractivity contribution in [3.05, 3.63) is 11.5 Å². The minimum Gasteiger partial charge on any atom is -0.469 e. The van der Waals surface area contributed by atoms with Gasteiger partial charge in [-0.3, -0.25) is 9.00 Å². The number of amides is 1. The second kappa shape index (κ2) is 7.93. The fourth-order valence-electron chi connectivity index (χ4n) is 1.09. The van der Waals surface area contributed by atoms with Crippen molar-refractivity contribution in [2.75, 3.05) is 13.4 Å². The summed E-state index contributed by atoms with van der Waals surface area (Å²) in [6.07, 6.45) is 2.27. The molecule has 0 radical (unpaired) electrons. The van der Waals surface area contributed by atoms with E-state index >= 15 is 0 Å². The van der Waals surface area contributed by atoms with Crippen molar-refractivity contribution in [2.24, 2.45) is 0 Å². The van der Waals surface area contributed by atoms with Crippen LogP contribution < -0.4 is 5.32 Å². The van der Waals surface area contributed by atoms with E-state index < -0.39 is 34.5 Å². The molecule has 6 nitrogen and oxygen atoms in total. The normalized spacial score (nSPS) is 14.8. The summed E-state index contributed by atoms with van der Waals surface area (Å²) in [5, 5.41) is 3.90. The van der Waals surface area contributed by atoms with Crippen LogP contribution in [0.2, 0.25) is 0 Å². The average Bonchev–Trinajstić information content (AvgIpc) is 2.22. The molecule has 0 bridgehead atoms. The molecular weight excluding hydrogens is 270 g/mol. The van der Waals surface area contributed by atoms with Gasteiger partial charge < -0.3 is 14.8 Å². The minimum absolute atomic E-state index is 0.0521. The molecule has 0 aliphatic heterocycles. The minimum atomic E-state index is -1.16. The van der Waals surface area contributed by atoms with Crippen LogP contribution in [0.25, 0.3) is 0 Å². The topological polar surface area (TPSA) is 81.7 Å². The lowest BCUT2D eigenvalue weighted by molar-refractivity contribution is -0.140. The van der Waals surface area contributed by atoms with Gasteiger partial charge in [-0.1, -0.05) is 6.08 Å². The highest BCUT2D eigenvalue weighted by Crippen LogP contribution is 2.07. The van der Waals surface area contributed by atoms with Crippen LogP contribution in [0.15, 0.2) is 11.5 Å². The lowest BCUT2D eigenvalue weighted by Gasteiger charge is -2.21. The van der Waals surface area contributed by atoms with Gasteiger partial charge in [0.15, 0.2) is 0 Å². The molecule has 0 aromatic heterocycles. The Labute approximate surface area is 116 Å². The Kier molecular flexibility index (Phi) is 7.36. The monoisotopic (exact) mass is 291 g/mol. The van der Waals surface area contributed by atoms with Gasteiger partial charge in [0.05, 0.1) is 19.6 Å². The third-order valence-corrected chi connectivity index (χ3v) is 2.36. The number of esters is 1. The van der Waals surface area contributed by atoms with Gasteiger partial charge >= 0.3 is 12.1 Å². The number of hydrogen-bond donors (Lipinski definition) is 1. The Balaban J connectivity index is 4.61. The molecule has 1 N–H and O–H groups in total. The van der Waals surface area contributed by atoms with Gasteiger partial charge in [0.2, 0.25) is 0 Å². The van der Waals surface area contributed by atoms with Crippen LogP contribution in [-0.2, 0) is 25.1 Å². The van der Waals surface area contributed by atoms with Crippen molar-refractivity contribution in [2.45, 2.75) is 38.8 Å². The number of ether oxygens (including phenoxy) is 2. The van der Waals surface area contributed by atoms with Gasteiger partial charge in [-0.25, -0.2) is 4.79 Å². The molecule has 0 fully saturated rings. The van der Waals surface area contributed by atoms with Gasteiger partial charge in [0, 0.05) is 22.5 Å². The summed E-state index contributed by atoms with van der Waals surface area (Å²) >= 11 is 0. The quantitative estimate of drug-likeness (QED) is 0.773. The predicted octanol–water partition coefficient (Wildman–Crippen LogP) is 1.33. The standard InChI is InChI=1S/C12H21NO5S/c1-12(2,3)18-11(15)13-9(6-7-19(5)16)8-10(14)17-4/h6-7,9H,8H2,1-5H3,(H,13,15)/b7-6+. The van der Waals surface area contributed by atoms with Crippen LogP contribution >= 0.6 is 0 Å². The third kappa shape index (κ3) is 10.3. The third-order valence-electron chi connectivity index (χ3n) is 1.82. The Morgan fingerprint density at radius 3 is 2.37 bits per heavy atom. The van der Waals surface area contributed by atoms with Crippen LogP contribution in [0.5, 0.6) is 0 Å². The molecule has 2 atom stereocenters. The number of nitrogens with one attached hydrogen (secondary N) is 1. The molecule has 0 heterocycles. The summed E-state index contributed by atoms with van der Waals surface area (Å²) in [5.74, 6) is -0.479. The molecule has 0 spiro atoms. The number of hydrogen-bond acceptors (Lipinski definition) is 5. The molecule has 0 rings (SSSR count). The number of alkyl carbamates (subject to hydrolysis) is 1. The fourth-order valence-corrected chi connectivity index (χ4v) is 1.51. The van der Waals surface area contributed by atoms with Crippen LogP contribution in [0, 0.1) is 0 Å². The summed E-state index contributed by atoms with van der Waals surface area (Å²) in [6.45, 7) is 5.20. The zero-order valence-corrected chi connectivity index (χ0v) is 12.7. The zero-order chi connectivity index (χ0) is 15.1. The zero-order valence-electron chi connectivity index (χ0n) is 11.9. The first-order valence-electron chi connectivity index (χ1n) is 5.71. The fraction of sp³-hybridized carbons (Fsp3) is 0.667. The molecule has 0 aromatic rings. The Morgan fingerprint density at radius 1 is 1.37 bits per heavy atom. The van der Waals surface area contributed by atoms with E-state index in [2.05, 4.69) is 10.1 Å². The van der Waals surface area contributed by atoms with E-state index in [1.54, 1.807) is 20.8 Å². The van der Waals surface area contributed by atoms with Gasteiger partial charge in [-0.2, -0.15) is 0 Å². The lowest BCUT2D eigenvalue weighted by atomic mass is 10.2. The number of rotatable bonds is 5. The van der Waals surface area contributed by atoms with Crippen molar-refractivity contribution in [3.8, 4) is 0 Å². The van der Waals surface area contributed by atoms with Crippen LogP contribution in [-0.4, -0.2) is 41.3 Å². The largest absolute Gasteiger partial charge is 0.469 e. The molecule has 110 valence electrons. The van der Waals surface area contributed by atoms with Crippen molar-refractivity contribution in [1.82, 2.24) is 5.32 Å². The van der Waals surface area contributed by atoms with Gasteiger partial charge in [-0.05, 0) is 20.8 Å². The maximum Gasteiger partial charge on any atom is 0.408 e. The molecule has 0 aliphatic rings. The van der Waals surface area contributed by atoms with E-state index in [4.69, 9.17) is 4.74 Å². The maximum absolute atomic E-state index is 11.6. The van der Waals surface area contributed by atoms with E-state index in [9.17, 15) is 13.8 Å². The first-order valence-corrected chi connectivity index (χ1v) is 7.33. The first-order chi connectivity index (χ1) is 8.64. The number of carbonyl (C=O) groups excluding carboxylic acids is 2. The summed E-state index contributed by atoms with van der Waals surface area (Å²) in [5.41, 5.74) is -0.628. The van der Waals surface area contributed by atoms with Crippen molar-refractivity contribution >= 4 is 22.9 Å². The maximum atomic E-state index is 11.6. The molecule has 0 saturated carbocycles. The average molecular weight is 291 g/mol. The van der Waals surface area contributed by atoms with Crippen molar-refractivity contribution in [3.63, 3.8) is 0 Å². The van der Waals surface area contributed by atoms with E-state index in [-0.39, 0.29) is 6.42 Å². The van der Waals surface area contributed by atoms with Gasteiger partial charge in [0.1, 0.15) is 5.60 Å². The van der Waals surface area contributed by atoms with E-state index in [0.717, 1.165) is 0 Å². The SMILES string of the molecule is COC(=O)CC(/C=C/S(C)=O)NC(=O)OC(C)(C)C. The highest BCUT2D eigenvalue weighted by atomic mass is 32.2.